The van der Waals surface area contributed by atoms with Crippen LogP contribution in [0.3, 0.4) is 0 Å². The Labute approximate surface area is 93.3 Å². The number of rotatable bonds is 5. The predicted octanol–water partition coefficient (Wildman–Crippen LogP) is 0.433. The number of carboxylic acid groups (broad SMARTS) is 1. The Kier molecular flexibility index (Phi) is 4.68. The molecule has 0 bridgehead atoms. The zero-order valence-corrected chi connectivity index (χ0v) is 9.49. The van der Waals surface area contributed by atoms with Gasteiger partial charge in [0, 0.05) is 18.9 Å². The molecule has 0 aromatic rings. The van der Waals surface area contributed by atoms with E-state index in [0.29, 0.717) is 0 Å². The van der Waals surface area contributed by atoms with Crippen LogP contribution in [0.15, 0.2) is 12.2 Å². The molecule has 16 heavy (non-hydrogen) atoms. The number of hydrogen-bond acceptors (Lipinski definition) is 4. The van der Waals surface area contributed by atoms with Gasteiger partial charge in [0.2, 0.25) is 5.91 Å². The van der Waals surface area contributed by atoms with Crippen LogP contribution in [0, 0.1) is 0 Å². The average molecular weight is 229 g/mol. The molecule has 0 aromatic carbocycles. The highest BCUT2D eigenvalue weighted by Gasteiger charge is 2.42. The normalized spacial score (nSPS) is 13.4. The zero-order chi connectivity index (χ0) is 12.9. The van der Waals surface area contributed by atoms with Gasteiger partial charge in [0.1, 0.15) is 0 Å². The highest BCUT2D eigenvalue weighted by molar-refractivity contribution is 5.96. The van der Waals surface area contributed by atoms with Gasteiger partial charge in [-0.25, -0.2) is 4.79 Å². The summed E-state index contributed by atoms with van der Waals surface area (Å²) < 4.78 is 4.66. The summed E-state index contributed by atoms with van der Waals surface area (Å²) >= 11 is 0. The fourth-order valence-electron chi connectivity index (χ4n) is 0.970. The number of ether oxygens (including phenoxy) is 1. The Balaban J connectivity index is 5.05. The first-order chi connectivity index (χ1) is 7.25. The van der Waals surface area contributed by atoms with Gasteiger partial charge in [-0.2, -0.15) is 0 Å². The van der Waals surface area contributed by atoms with Gasteiger partial charge >= 0.3 is 11.9 Å². The first-order valence-electron chi connectivity index (χ1n) is 4.66. The molecule has 2 N–H and O–H groups in total. The molecule has 0 fully saturated rings. The van der Waals surface area contributed by atoms with E-state index >= 15 is 0 Å². The molecule has 0 aliphatic carbocycles. The van der Waals surface area contributed by atoms with Crippen LogP contribution in [-0.2, 0) is 19.1 Å². The molecule has 0 saturated carbocycles. The van der Waals surface area contributed by atoms with Crippen molar-refractivity contribution in [3.05, 3.63) is 12.2 Å². The molecule has 0 radical (unpaired) electrons. The maximum absolute atomic E-state index is 11.3. The van der Waals surface area contributed by atoms with Crippen molar-refractivity contribution in [1.82, 2.24) is 5.32 Å². The van der Waals surface area contributed by atoms with E-state index in [1.165, 1.54) is 13.8 Å². The topological polar surface area (TPSA) is 92.7 Å². The van der Waals surface area contributed by atoms with Crippen molar-refractivity contribution < 1.29 is 24.2 Å². The SMILES string of the molecule is C=C(C)C(=O)NC(CC)(OC(C)=O)C(=O)O. The third kappa shape index (κ3) is 3.38. The van der Waals surface area contributed by atoms with E-state index in [9.17, 15) is 14.4 Å². The number of carboxylic acids is 1. The quantitative estimate of drug-likeness (QED) is 0.405. The average Bonchev–Trinajstić information content (AvgIpc) is 2.15. The van der Waals surface area contributed by atoms with E-state index in [-0.39, 0.29) is 12.0 Å². The summed E-state index contributed by atoms with van der Waals surface area (Å²) in [5.41, 5.74) is -1.90. The molecule has 0 heterocycles. The van der Waals surface area contributed by atoms with Crippen molar-refractivity contribution in [1.29, 1.82) is 0 Å². The van der Waals surface area contributed by atoms with Crippen molar-refractivity contribution in [3.63, 3.8) is 0 Å². The molecular formula is C10H15NO5. The van der Waals surface area contributed by atoms with E-state index in [1.54, 1.807) is 0 Å². The van der Waals surface area contributed by atoms with Crippen LogP contribution in [0.5, 0.6) is 0 Å². The summed E-state index contributed by atoms with van der Waals surface area (Å²) in [7, 11) is 0. The predicted molar refractivity (Wildman–Crippen MR) is 55.4 cm³/mol. The highest BCUT2D eigenvalue weighted by atomic mass is 16.6. The summed E-state index contributed by atoms with van der Waals surface area (Å²) in [6.07, 6.45) is -0.0824. The summed E-state index contributed by atoms with van der Waals surface area (Å²) in [6.45, 7) is 7.34. The first kappa shape index (κ1) is 14.2. The molecule has 1 atom stereocenters. The van der Waals surface area contributed by atoms with Gasteiger partial charge in [0.05, 0.1) is 0 Å². The fourth-order valence-corrected chi connectivity index (χ4v) is 0.970. The number of amides is 1. The summed E-state index contributed by atoms with van der Waals surface area (Å²) in [6, 6.07) is 0. The Bertz CT molecular complexity index is 336. The lowest BCUT2D eigenvalue weighted by molar-refractivity contribution is -0.183. The van der Waals surface area contributed by atoms with E-state index in [4.69, 9.17) is 5.11 Å². The van der Waals surface area contributed by atoms with Crippen LogP contribution in [0.1, 0.15) is 27.2 Å². The monoisotopic (exact) mass is 229 g/mol. The van der Waals surface area contributed by atoms with Crippen molar-refractivity contribution >= 4 is 17.8 Å². The van der Waals surface area contributed by atoms with Crippen molar-refractivity contribution in [2.24, 2.45) is 0 Å². The third-order valence-electron chi connectivity index (χ3n) is 1.86. The van der Waals surface area contributed by atoms with Crippen LogP contribution < -0.4 is 5.32 Å². The maximum Gasteiger partial charge on any atom is 0.370 e. The Morgan fingerprint density at radius 1 is 1.38 bits per heavy atom. The second kappa shape index (κ2) is 5.29. The van der Waals surface area contributed by atoms with E-state index < -0.39 is 23.6 Å². The molecule has 0 rings (SSSR count). The van der Waals surface area contributed by atoms with Gasteiger partial charge in [0.25, 0.3) is 5.72 Å². The maximum atomic E-state index is 11.3. The van der Waals surface area contributed by atoms with E-state index in [0.717, 1.165) is 6.92 Å². The number of hydrogen-bond donors (Lipinski definition) is 2. The molecule has 1 amide bonds. The molecule has 6 nitrogen and oxygen atoms in total. The van der Waals surface area contributed by atoms with Gasteiger partial charge in [-0.15, -0.1) is 0 Å². The van der Waals surface area contributed by atoms with Crippen LogP contribution in [0.4, 0.5) is 0 Å². The van der Waals surface area contributed by atoms with Crippen LogP contribution in [0.25, 0.3) is 0 Å². The summed E-state index contributed by atoms with van der Waals surface area (Å²) in [4.78, 5) is 33.2. The van der Waals surface area contributed by atoms with E-state index in [1.807, 2.05) is 0 Å². The third-order valence-corrected chi connectivity index (χ3v) is 1.86. The minimum atomic E-state index is -2.03. The number of nitrogens with one attached hydrogen (secondary N) is 1. The molecular weight excluding hydrogens is 214 g/mol. The molecule has 90 valence electrons. The largest absolute Gasteiger partial charge is 0.477 e. The van der Waals surface area contributed by atoms with Gasteiger partial charge < -0.3 is 15.2 Å². The van der Waals surface area contributed by atoms with Crippen molar-refractivity contribution in [2.75, 3.05) is 0 Å². The first-order valence-corrected chi connectivity index (χ1v) is 4.66. The Hall–Kier alpha value is -1.85. The standard InChI is InChI=1S/C10H15NO5/c1-5-10(9(14)15,16-7(4)12)11-8(13)6(2)3/h2,5H2,1,3-4H3,(H,11,13)(H,14,15). The number of carbonyl (C=O) groups excluding carboxylic acids is 2. The van der Waals surface area contributed by atoms with Crippen LogP contribution in [-0.4, -0.2) is 28.7 Å². The lowest BCUT2D eigenvalue weighted by atomic mass is 10.1. The highest BCUT2D eigenvalue weighted by Crippen LogP contribution is 2.14. The number of carbonyl (C=O) groups is 3. The number of esters is 1. The molecule has 6 heteroatoms. The molecule has 0 aliphatic heterocycles. The number of aliphatic carboxylic acids is 1. The van der Waals surface area contributed by atoms with Gasteiger partial charge in [-0.05, 0) is 6.92 Å². The van der Waals surface area contributed by atoms with Crippen molar-refractivity contribution in [2.45, 2.75) is 32.9 Å². The van der Waals surface area contributed by atoms with Crippen LogP contribution in [0.2, 0.25) is 0 Å². The Morgan fingerprint density at radius 3 is 2.12 bits per heavy atom. The summed E-state index contributed by atoms with van der Waals surface area (Å²) in [5, 5.41) is 11.1. The minimum absolute atomic E-state index is 0.0824. The van der Waals surface area contributed by atoms with Gasteiger partial charge in [-0.3, -0.25) is 9.59 Å². The zero-order valence-electron chi connectivity index (χ0n) is 9.49. The minimum Gasteiger partial charge on any atom is -0.477 e. The summed E-state index contributed by atoms with van der Waals surface area (Å²) in [5.74, 6) is -2.89. The van der Waals surface area contributed by atoms with Crippen molar-refractivity contribution in [3.8, 4) is 0 Å². The van der Waals surface area contributed by atoms with E-state index in [2.05, 4.69) is 16.6 Å². The second-order valence-corrected chi connectivity index (χ2v) is 3.31. The molecule has 1 unspecified atom stereocenters. The second-order valence-electron chi connectivity index (χ2n) is 3.31. The van der Waals surface area contributed by atoms with Gasteiger partial charge in [0.15, 0.2) is 0 Å². The molecule has 0 aliphatic rings. The van der Waals surface area contributed by atoms with Crippen LogP contribution >= 0.6 is 0 Å². The lowest BCUT2D eigenvalue weighted by Gasteiger charge is -2.28. The fraction of sp³-hybridized carbons (Fsp3) is 0.500. The smallest absolute Gasteiger partial charge is 0.370 e. The Morgan fingerprint density at radius 2 is 1.88 bits per heavy atom. The van der Waals surface area contributed by atoms with Gasteiger partial charge in [-0.1, -0.05) is 13.5 Å². The molecule has 0 saturated heterocycles. The molecule has 0 spiro atoms. The molecule has 0 aromatic heterocycles. The lowest BCUT2D eigenvalue weighted by Crippen LogP contribution is -2.57.